The number of hydrogen-bond donors (Lipinski definition) is 1. The van der Waals surface area contributed by atoms with Gasteiger partial charge in [0, 0.05) is 11.8 Å². The first-order valence-corrected chi connectivity index (χ1v) is 5.88. The van der Waals surface area contributed by atoms with Gasteiger partial charge in [0.15, 0.2) is 5.69 Å². The van der Waals surface area contributed by atoms with E-state index in [1.165, 1.54) is 18.3 Å². The minimum atomic E-state index is -1.21. The standard InChI is InChI=1S/C13H11N3O5/c1-7-5-8(2)11(6-10(7)16(19)20)21-13-14-4-3-9(15-13)12(17)18/h3-6H,1-2H3,(H,17,18). The Kier molecular flexibility index (Phi) is 3.79. The lowest BCUT2D eigenvalue weighted by Gasteiger charge is -2.08. The van der Waals surface area contributed by atoms with Crippen LogP contribution >= 0.6 is 0 Å². The van der Waals surface area contributed by atoms with E-state index in [2.05, 4.69) is 9.97 Å². The number of rotatable bonds is 4. The van der Waals surface area contributed by atoms with Crippen molar-refractivity contribution in [2.75, 3.05) is 0 Å². The zero-order valence-corrected chi connectivity index (χ0v) is 11.2. The summed E-state index contributed by atoms with van der Waals surface area (Å²) < 4.78 is 5.36. The molecule has 0 aliphatic heterocycles. The number of aryl methyl sites for hydroxylation is 2. The molecule has 0 radical (unpaired) electrons. The van der Waals surface area contributed by atoms with Crippen LogP contribution in [0.5, 0.6) is 11.8 Å². The summed E-state index contributed by atoms with van der Waals surface area (Å²) >= 11 is 0. The van der Waals surface area contributed by atoms with Gasteiger partial charge in [-0.2, -0.15) is 4.98 Å². The van der Waals surface area contributed by atoms with Gasteiger partial charge in [-0.3, -0.25) is 10.1 Å². The lowest BCUT2D eigenvalue weighted by molar-refractivity contribution is -0.385. The molecule has 0 spiro atoms. The Balaban J connectivity index is 2.39. The van der Waals surface area contributed by atoms with Crippen molar-refractivity contribution >= 4 is 11.7 Å². The molecule has 8 nitrogen and oxygen atoms in total. The monoisotopic (exact) mass is 289 g/mol. The maximum absolute atomic E-state index is 10.9. The fourth-order valence-corrected chi connectivity index (χ4v) is 1.74. The van der Waals surface area contributed by atoms with Gasteiger partial charge in [-0.15, -0.1) is 0 Å². The largest absolute Gasteiger partial charge is 0.477 e. The van der Waals surface area contributed by atoms with Crippen molar-refractivity contribution in [3.05, 3.63) is 51.3 Å². The Morgan fingerprint density at radius 2 is 2.05 bits per heavy atom. The molecule has 0 saturated heterocycles. The van der Waals surface area contributed by atoms with Gasteiger partial charge in [-0.1, -0.05) is 0 Å². The van der Waals surface area contributed by atoms with Gasteiger partial charge in [0.1, 0.15) is 5.75 Å². The molecule has 0 amide bonds. The molecule has 1 aromatic carbocycles. The van der Waals surface area contributed by atoms with Crippen LogP contribution in [-0.4, -0.2) is 26.0 Å². The fraction of sp³-hybridized carbons (Fsp3) is 0.154. The quantitative estimate of drug-likeness (QED) is 0.678. The van der Waals surface area contributed by atoms with Crippen molar-refractivity contribution in [2.45, 2.75) is 13.8 Å². The molecule has 8 heteroatoms. The summed E-state index contributed by atoms with van der Waals surface area (Å²) in [6, 6.07) is 3.91. The predicted octanol–water partition coefficient (Wildman–Crippen LogP) is 2.49. The number of carboxylic acids is 1. The van der Waals surface area contributed by atoms with Crippen molar-refractivity contribution in [2.24, 2.45) is 0 Å². The molecule has 1 N–H and O–H groups in total. The van der Waals surface area contributed by atoms with Crippen molar-refractivity contribution < 1.29 is 19.6 Å². The molecule has 0 unspecified atom stereocenters. The summed E-state index contributed by atoms with van der Waals surface area (Å²) in [5.41, 5.74) is 0.844. The second-order valence-corrected chi connectivity index (χ2v) is 4.29. The number of aromatic carboxylic acids is 1. The highest BCUT2D eigenvalue weighted by Gasteiger charge is 2.16. The summed E-state index contributed by atoms with van der Waals surface area (Å²) in [4.78, 5) is 28.7. The molecule has 108 valence electrons. The summed E-state index contributed by atoms with van der Waals surface area (Å²) in [6.07, 6.45) is 1.24. The zero-order chi connectivity index (χ0) is 15.6. The number of benzene rings is 1. The molecule has 21 heavy (non-hydrogen) atoms. The number of nitrogens with zero attached hydrogens (tertiary/aromatic N) is 3. The van der Waals surface area contributed by atoms with E-state index >= 15 is 0 Å². The third-order valence-electron chi connectivity index (χ3n) is 2.74. The van der Waals surface area contributed by atoms with Gasteiger partial charge in [-0.05, 0) is 31.5 Å². The number of nitro benzene ring substituents is 1. The second kappa shape index (κ2) is 5.53. The molecule has 1 aromatic heterocycles. The Morgan fingerprint density at radius 1 is 1.33 bits per heavy atom. The maximum Gasteiger partial charge on any atom is 0.354 e. The van der Waals surface area contributed by atoms with E-state index < -0.39 is 10.9 Å². The highest BCUT2D eigenvalue weighted by atomic mass is 16.6. The van der Waals surface area contributed by atoms with Crippen LogP contribution in [0.1, 0.15) is 21.6 Å². The third-order valence-corrected chi connectivity index (χ3v) is 2.74. The lowest BCUT2D eigenvalue weighted by Crippen LogP contribution is -2.03. The van der Waals surface area contributed by atoms with E-state index in [0.717, 1.165) is 0 Å². The van der Waals surface area contributed by atoms with Crippen molar-refractivity contribution in [3.63, 3.8) is 0 Å². The Labute approximate surface area is 119 Å². The molecule has 2 rings (SSSR count). The smallest absolute Gasteiger partial charge is 0.354 e. The van der Waals surface area contributed by atoms with Gasteiger partial charge in [0.05, 0.1) is 11.0 Å². The first-order chi connectivity index (χ1) is 9.88. The summed E-state index contributed by atoms with van der Waals surface area (Å²) in [5, 5.41) is 19.8. The van der Waals surface area contributed by atoms with E-state index in [0.29, 0.717) is 11.1 Å². The Morgan fingerprint density at radius 3 is 2.67 bits per heavy atom. The van der Waals surface area contributed by atoms with Gasteiger partial charge >= 0.3 is 12.0 Å². The zero-order valence-electron chi connectivity index (χ0n) is 11.2. The van der Waals surface area contributed by atoms with Crippen LogP contribution < -0.4 is 4.74 Å². The first-order valence-electron chi connectivity index (χ1n) is 5.88. The van der Waals surface area contributed by atoms with Gasteiger partial charge in [0.25, 0.3) is 5.69 Å². The minimum absolute atomic E-state index is 0.0926. The normalized spacial score (nSPS) is 10.2. The molecule has 1 heterocycles. The molecular formula is C13H11N3O5. The minimum Gasteiger partial charge on any atom is -0.477 e. The van der Waals surface area contributed by atoms with Crippen molar-refractivity contribution in [1.29, 1.82) is 0 Å². The van der Waals surface area contributed by atoms with E-state index in [-0.39, 0.29) is 23.1 Å². The van der Waals surface area contributed by atoms with Crippen LogP contribution in [0.25, 0.3) is 0 Å². The summed E-state index contributed by atoms with van der Waals surface area (Å²) in [7, 11) is 0. The van der Waals surface area contributed by atoms with E-state index in [1.807, 2.05) is 0 Å². The number of carbonyl (C=O) groups is 1. The summed E-state index contributed by atoms with van der Waals surface area (Å²) in [5.74, 6) is -1.01. The summed E-state index contributed by atoms with van der Waals surface area (Å²) in [6.45, 7) is 3.34. The molecule has 0 saturated carbocycles. The number of ether oxygens (including phenoxy) is 1. The third kappa shape index (κ3) is 3.11. The lowest BCUT2D eigenvalue weighted by atomic mass is 10.1. The topological polar surface area (TPSA) is 115 Å². The van der Waals surface area contributed by atoms with Crippen LogP contribution in [0.4, 0.5) is 5.69 Å². The van der Waals surface area contributed by atoms with Crippen LogP contribution in [-0.2, 0) is 0 Å². The van der Waals surface area contributed by atoms with Crippen LogP contribution in [0.2, 0.25) is 0 Å². The fourth-order valence-electron chi connectivity index (χ4n) is 1.74. The average molecular weight is 289 g/mol. The SMILES string of the molecule is Cc1cc(C)c([N+](=O)[O-])cc1Oc1nccc(C(=O)O)n1. The van der Waals surface area contributed by atoms with Crippen LogP contribution in [0.15, 0.2) is 24.4 Å². The first kappa shape index (κ1) is 14.4. The molecule has 0 fully saturated rings. The van der Waals surface area contributed by atoms with Crippen LogP contribution in [0.3, 0.4) is 0 Å². The predicted molar refractivity (Wildman–Crippen MR) is 71.6 cm³/mol. The second-order valence-electron chi connectivity index (χ2n) is 4.29. The van der Waals surface area contributed by atoms with Crippen molar-refractivity contribution in [1.82, 2.24) is 9.97 Å². The number of carboxylic acid groups (broad SMARTS) is 1. The van der Waals surface area contributed by atoms with E-state index in [9.17, 15) is 14.9 Å². The maximum atomic E-state index is 10.9. The highest BCUT2D eigenvalue weighted by molar-refractivity contribution is 5.85. The molecule has 2 aromatic rings. The van der Waals surface area contributed by atoms with Gasteiger partial charge in [0.2, 0.25) is 0 Å². The molecule has 0 aliphatic rings. The Hall–Kier alpha value is -3.03. The highest BCUT2D eigenvalue weighted by Crippen LogP contribution is 2.30. The van der Waals surface area contributed by atoms with Gasteiger partial charge in [-0.25, -0.2) is 9.78 Å². The number of nitro groups is 1. The van der Waals surface area contributed by atoms with Crippen molar-refractivity contribution in [3.8, 4) is 11.8 Å². The van der Waals surface area contributed by atoms with E-state index in [1.54, 1.807) is 19.9 Å². The number of hydrogen-bond acceptors (Lipinski definition) is 6. The van der Waals surface area contributed by atoms with Gasteiger partial charge < -0.3 is 9.84 Å². The molecule has 0 atom stereocenters. The average Bonchev–Trinajstić information content (AvgIpc) is 2.41. The van der Waals surface area contributed by atoms with E-state index in [4.69, 9.17) is 9.84 Å². The molecule has 0 bridgehead atoms. The molecule has 0 aliphatic carbocycles. The van der Waals surface area contributed by atoms with Crippen LogP contribution in [0, 0.1) is 24.0 Å². The Bertz CT molecular complexity index is 730. The molecular weight excluding hydrogens is 278 g/mol. The number of aromatic nitrogens is 2.